The standard InChI is InChI=1S/C20H19NO2/c22-19-17-8-4-5-9-18(17)20(23)21(19)16-12-10-15(11-13-16)14-6-2-1-3-7-14/h1-3,6-7,10-13,17-18H,4-5,8-9H2/t17-,18-/m0/s1. The molecule has 0 unspecified atom stereocenters. The summed E-state index contributed by atoms with van der Waals surface area (Å²) in [5.41, 5.74) is 2.92. The molecule has 0 bridgehead atoms. The first-order chi connectivity index (χ1) is 11.3. The summed E-state index contributed by atoms with van der Waals surface area (Å²) >= 11 is 0. The molecule has 1 saturated carbocycles. The second-order valence-electron chi connectivity index (χ2n) is 6.42. The van der Waals surface area contributed by atoms with Gasteiger partial charge in [-0.3, -0.25) is 14.5 Å². The summed E-state index contributed by atoms with van der Waals surface area (Å²) in [5, 5.41) is 0. The van der Waals surface area contributed by atoms with Crippen LogP contribution >= 0.6 is 0 Å². The molecule has 116 valence electrons. The molecule has 2 fully saturated rings. The summed E-state index contributed by atoms with van der Waals surface area (Å²) < 4.78 is 0. The fourth-order valence-electron chi connectivity index (χ4n) is 3.85. The highest BCUT2D eigenvalue weighted by Crippen LogP contribution is 2.40. The number of carbonyl (C=O) groups excluding carboxylic acids is 2. The first-order valence-electron chi connectivity index (χ1n) is 8.29. The second kappa shape index (κ2) is 5.65. The number of rotatable bonds is 2. The number of nitrogens with zero attached hydrogens (tertiary/aromatic N) is 1. The number of anilines is 1. The summed E-state index contributed by atoms with van der Waals surface area (Å²) in [5.74, 6) is -0.200. The van der Waals surface area contributed by atoms with Crippen molar-refractivity contribution < 1.29 is 9.59 Å². The van der Waals surface area contributed by atoms with Gasteiger partial charge in [-0.2, -0.15) is 0 Å². The lowest BCUT2D eigenvalue weighted by Crippen LogP contribution is -2.30. The van der Waals surface area contributed by atoms with Crippen molar-refractivity contribution in [1.29, 1.82) is 0 Å². The van der Waals surface area contributed by atoms with E-state index in [9.17, 15) is 9.59 Å². The lowest BCUT2D eigenvalue weighted by Gasteiger charge is -2.19. The fraction of sp³-hybridized carbons (Fsp3) is 0.300. The minimum absolute atomic E-state index is 0.00726. The zero-order valence-electron chi connectivity index (χ0n) is 12.9. The number of amides is 2. The van der Waals surface area contributed by atoms with Crippen LogP contribution in [0.4, 0.5) is 5.69 Å². The predicted molar refractivity (Wildman–Crippen MR) is 89.8 cm³/mol. The van der Waals surface area contributed by atoms with Crippen LogP contribution in [0, 0.1) is 11.8 Å². The third-order valence-corrected chi connectivity index (χ3v) is 5.07. The van der Waals surface area contributed by atoms with Crippen molar-refractivity contribution in [1.82, 2.24) is 0 Å². The summed E-state index contributed by atoms with van der Waals surface area (Å²) in [6, 6.07) is 17.8. The monoisotopic (exact) mass is 305 g/mol. The van der Waals surface area contributed by atoms with Gasteiger partial charge in [0, 0.05) is 0 Å². The molecule has 0 spiro atoms. The number of carbonyl (C=O) groups is 2. The summed E-state index contributed by atoms with van der Waals surface area (Å²) in [6.45, 7) is 0. The highest BCUT2D eigenvalue weighted by atomic mass is 16.2. The molecule has 2 aromatic rings. The number of hydrogen-bond acceptors (Lipinski definition) is 2. The fourth-order valence-corrected chi connectivity index (χ4v) is 3.85. The van der Waals surface area contributed by atoms with E-state index in [4.69, 9.17) is 0 Å². The maximum atomic E-state index is 12.6. The number of imide groups is 1. The van der Waals surface area contributed by atoms with Crippen LogP contribution in [0.1, 0.15) is 25.7 Å². The lowest BCUT2D eigenvalue weighted by atomic mass is 9.81. The van der Waals surface area contributed by atoms with Crippen molar-refractivity contribution in [3.05, 3.63) is 54.6 Å². The van der Waals surface area contributed by atoms with E-state index in [0.29, 0.717) is 5.69 Å². The van der Waals surface area contributed by atoms with Crippen LogP contribution in [0.2, 0.25) is 0 Å². The molecule has 0 aromatic heterocycles. The molecule has 2 amide bonds. The van der Waals surface area contributed by atoms with Crippen LogP contribution in [0.5, 0.6) is 0 Å². The molecule has 2 atom stereocenters. The van der Waals surface area contributed by atoms with Gasteiger partial charge < -0.3 is 0 Å². The van der Waals surface area contributed by atoms with Gasteiger partial charge in [0.2, 0.25) is 11.8 Å². The van der Waals surface area contributed by atoms with Gasteiger partial charge in [-0.1, -0.05) is 55.3 Å². The highest BCUT2D eigenvalue weighted by molar-refractivity contribution is 6.22. The molecule has 0 radical (unpaired) electrons. The Kier molecular flexibility index (Phi) is 3.49. The van der Waals surface area contributed by atoms with E-state index in [0.717, 1.165) is 36.8 Å². The Bertz CT molecular complexity index is 712. The molecule has 2 aromatic carbocycles. The number of benzene rings is 2. The van der Waals surface area contributed by atoms with Crippen LogP contribution in [0.25, 0.3) is 11.1 Å². The minimum atomic E-state index is -0.0925. The van der Waals surface area contributed by atoms with E-state index in [1.54, 1.807) is 0 Å². The SMILES string of the molecule is O=C1[C@H]2CCCC[C@@H]2C(=O)N1c1ccc(-c2ccccc2)cc1. The third kappa shape index (κ3) is 2.37. The topological polar surface area (TPSA) is 37.4 Å². The molecular formula is C20H19NO2. The van der Waals surface area contributed by atoms with Gasteiger partial charge in [-0.25, -0.2) is 0 Å². The maximum Gasteiger partial charge on any atom is 0.237 e. The Labute approximate surface area is 135 Å². The first-order valence-corrected chi connectivity index (χ1v) is 8.29. The largest absolute Gasteiger partial charge is 0.274 e. The molecule has 2 aliphatic rings. The van der Waals surface area contributed by atoms with E-state index >= 15 is 0 Å². The quantitative estimate of drug-likeness (QED) is 0.785. The van der Waals surface area contributed by atoms with Crippen molar-refractivity contribution in [3.63, 3.8) is 0 Å². The van der Waals surface area contributed by atoms with Gasteiger partial charge in [-0.05, 0) is 36.1 Å². The Hall–Kier alpha value is -2.42. The third-order valence-electron chi connectivity index (χ3n) is 5.07. The van der Waals surface area contributed by atoms with Crippen LogP contribution in [0.15, 0.2) is 54.6 Å². The van der Waals surface area contributed by atoms with E-state index in [1.165, 1.54) is 4.90 Å². The van der Waals surface area contributed by atoms with Crippen molar-refractivity contribution in [2.24, 2.45) is 11.8 Å². The van der Waals surface area contributed by atoms with Gasteiger partial charge in [0.1, 0.15) is 0 Å². The van der Waals surface area contributed by atoms with Gasteiger partial charge in [-0.15, -0.1) is 0 Å². The molecule has 3 nitrogen and oxygen atoms in total. The van der Waals surface area contributed by atoms with Crippen LogP contribution in [0.3, 0.4) is 0 Å². The molecule has 1 aliphatic heterocycles. The molecular weight excluding hydrogens is 286 g/mol. The molecule has 23 heavy (non-hydrogen) atoms. The Morgan fingerprint density at radius 1 is 0.696 bits per heavy atom. The average molecular weight is 305 g/mol. The summed E-state index contributed by atoms with van der Waals surface area (Å²) in [4.78, 5) is 26.6. The molecule has 3 heteroatoms. The van der Waals surface area contributed by atoms with Crippen molar-refractivity contribution >= 4 is 17.5 Å². The number of fused-ring (bicyclic) bond motifs is 1. The molecule has 4 rings (SSSR count). The van der Waals surface area contributed by atoms with Crippen molar-refractivity contribution in [3.8, 4) is 11.1 Å². The van der Waals surface area contributed by atoms with Gasteiger partial charge >= 0.3 is 0 Å². The summed E-state index contributed by atoms with van der Waals surface area (Å²) in [6.07, 6.45) is 3.82. The minimum Gasteiger partial charge on any atom is -0.274 e. The van der Waals surface area contributed by atoms with Crippen molar-refractivity contribution in [2.45, 2.75) is 25.7 Å². The lowest BCUT2D eigenvalue weighted by molar-refractivity contribution is -0.122. The average Bonchev–Trinajstić information content (AvgIpc) is 2.87. The van der Waals surface area contributed by atoms with E-state index in [2.05, 4.69) is 12.1 Å². The zero-order chi connectivity index (χ0) is 15.8. The van der Waals surface area contributed by atoms with Gasteiger partial charge in [0.05, 0.1) is 17.5 Å². The second-order valence-corrected chi connectivity index (χ2v) is 6.42. The molecule has 1 saturated heterocycles. The van der Waals surface area contributed by atoms with Crippen LogP contribution in [-0.2, 0) is 9.59 Å². The molecule has 1 aliphatic carbocycles. The van der Waals surface area contributed by atoms with Gasteiger partial charge in [0.15, 0.2) is 0 Å². The first kappa shape index (κ1) is 14.2. The smallest absolute Gasteiger partial charge is 0.237 e. The maximum absolute atomic E-state index is 12.6. The van der Waals surface area contributed by atoms with Crippen LogP contribution in [-0.4, -0.2) is 11.8 Å². The van der Waals surface area contributed by atoms with E-state index < -0.39 is 0 Å². The van der Waals surface area contributed by atoms with Crippen LogP contribution < -0.4 is 4.90 Å². The Morgan fingerprint density at radius 3 is 1.78 bits per heavy atom. The van der Waals surface area contributed by atoms with Gasteiger partial charge in [0.25, 0.3) is 0 Å². The van der Waals surface area contributed by atoms with Crippen molar-refractivity contribution in [2.75, 3.05) is 4.90 Å². The number of hydrogen-bond donors (Lipinski definition) is 0. The van der Waals surface area contributed by atoms with E-state index in [1.807, 2.05) is 42.5 Å². The predicted octanol–water partition coefficient (Wildman–Crippen LogP) is 4.03. The zero-order valence-corrected chi connectivity index (χ0v) is 12.9. The Balaban J connectivity index is 1.63. The molecule has 1 heterocycles. The Morgan fingerprint density at radius 2 is 1.22 bits per heavy atom. The highest BCUT2D eigenvalue weighted by Gasteiger charge is 2.48. The molecule has 0 N–H and O–H groups in total. The van der Waals surface area contributed by atoms with E-state index in [-0.39, 0.29) is 23.7 Å². The normalized spacial score (nSPS) is 23.9. The summed E-state index contributed by atoms with van der Waals surface area (Å²) in [7, 11) is 0.